The Kier molecular flexibility index (Phi) is 4.11. The smallest absolute Gasteiger partial charge is 0.308 e. The van der Waals surface area contributed by atoms with Crippen LogP contribution >= 0.6 is 15.9 Å². The molecule has 0 atom stereocenters. The Hall–Kier alpha value is -1.95. The van der Waals surface area contributed by atoms with Gasteiger partial charge < -0.3 is 4.74 Å². The second-order valence-corrected chi connectivity index (χ2v) is 4.62. The zero-order valence-electron chi connectivity index (χ0n) is 9.68. The standard InChI is InChI=1S/C13H9BrFNO3/c14-10-6-11(15)12(16(17)18)7-13(10)19-8-9-4-2-1-3-5-9/h1-7H,8H2. The number of ether oxygens (including phenoxy) is 1. The summed E-state index contributed by atoms with van der Waals surface area (Å²) >= 11 is 3.12. The van der Waals surface area contributed by atoms with E-state index in [1.807, 2.05) is 30.3 Å². The van der Waals surface area contributed by atoms with Gasteiger partial charge in [-0.05, 0) is 27.6 Å². The molecule has 0 aliphatic heterocycles. The largest absolute Gasteiger partial charge is 0.487 e. The van der Waals surface area contributed by atoms with E-state index < -0.39 is 16.4 Å². The number of hydrogen-bond donors (Lipinski definition) is 0. The van der Waals surface area contributed by atoms with Gasteiger partial charge in [-0.25, -0.2) is 0 Å². The number of hydrogen-bond acceptors (Lipinski definition) is 3. The highest BCUT2D eigenvalue weighted by Gasteiger charge is 2.18. The third-order valence-electron chi connectivity index (χ3n) is 2.44. The van der Waals surface area contributed by atoms with Gasteiger partial charge in [0, 0.05) is 0 Å². The van der Waals surface area contributed by atoms with E-state index in [9.17, 15) is 14.5 Å². The first-order valence-electron chi connectivity index (χ1n) is 5.38. The number of nitro groups is 1. The Morgan fingerprint density at radius 2 is 1.95 bits per heavy atom. The Bertz CT molecular complexity index is 604. The summed E-state index contributed by atoms with van der Waals surface area (Å²) in [5.74, 6) is -0.666. The van der Waals surface area contributed by atoms with Gasteiger partial charge in [0.05, 0.1) is 15.5 Å². The van der Waals surface area contributed by atoms with Crippen molar-refractivity contribution >= 4 is 21.6 Å². The summed E-state index contributed by atoms with van der Waals surface area (Å²) in [5.41, 5.74) is 0.313. The lowest BCUT2D eigenvalue weighted by molar-refractivity contribution is -0.387. The van der Waals surface area contributed by atoms with Gasteiger partial charge in [0.2, 0.25) is 5.82 Å². The highest BCUT2D eigenvalue weighted by molar-refractivity contribution is 9.10. The fraction of sp³-hybridized carbons (Fsp3) is 0.0769. The van der Waals surface area contributed by atoms with Gasteiger partial charge in [-0.3, -0.25) is 10.1 Å². The minimum absolute atomic E-state index is 0.233. The first-order chi connectivity index (χ1) is 9.08. The SMILES string of the molecule is O=[N+]([O-])c1cc(OCc2ccccc2)c(Br)cc1F. The Morgan fingerprint density at radius 1 is 1.26 bits per heavy atom. The predicted molar refractivity (Wildman–Crippen MR) is 71.5 cm³/mol. The van der Waals surface area contributed by atoms with E-state index in [1.54, 1.807) is 0 Å². The minimum atomic E-state index is -0.899. The average Bonchev–Trinajstić information content (AvgIpc) is 2.38. The molecule has 0 radical (unpaired) electrons. The maximum atomic E-state index is 13.3. The van der Waals surface area contributed by atoms with Crippen molar-refractivity contribution in [2.24, 2.45) is 0 Å². The molecule has 6 heteroatoms. The third-order valence-corrected chi connectivity index (χ3v) is 3.05. The maximum absolute atomic E-state index is 13.3. The highest BCUT2D eigenvalue weighted by Crippen LogP contribution is 2.32. The number of nitro benzene ring substituents is 1. The molecule has 0 N–H and O–H groups in total. The van der Waals surface area contributed by atoms with E-state index in [0.29, 0.717) is 4.47 Å². The van der Waals surface area contributed by atoms with Crippen LogP contribution in [-0.4, -0.2) is 4.92 Å². The molecule has 0 fully saturated rings. The van der Waals surface area contributed by atoms with Crippen LogP contribution in [0, 0.1) is 15.9 Å². The van der Waals surface area contributed by atoms with E-state index in [-0.39, 0.29) is 12.4 Å². The first-order valence-corrected chi connectivity index (χ1v) is 6.17. The van der Waals surface area contributed by atoms with Gasteiger partial charge in [-0.15, -0.1) is 0 Å². The van der Waals surface area contributed by atoms with Crippen molar-refractivity contribution in [3.63, 3.8) is 0 Å². The molecule has 2 aromatic carbocycles. The lowest BCUT2D eigenvalue weighted by Gasteiger charge is -2.08. The van der Waals surface area contributed by atoms with E-state index in [1.165, 1.54) is 0 Å². The van der Waals surface area contributed by atoms with Crippen LogP contribution in [0.5, 0.6) is 5.75 Å². The molecule has 2 aromatic rings. The summed E-state index contributed by atoms with van der Waals surface area (Å²) in [6, 6.07) is 11.4. The Balaban J connectivity index is 2.21. The van der Waals surface area contributed by atoms with Gasteiger partial charge >= 0.3 is 5.69 Å². The van der Waals surface area contributed by atoms with E-state index >= 15 is 0 Å². The molecule has 0 saturated carbocycles. The first kappa shape index (κ1) is 13.5. The second-order valence-electron chi connectivity index (χ2n) is 3.77. The van der Waals surface area contributed by atoms with Gasteiger partial charge in [0.15, 0.2) is 0 Å². The van der Waals surface area contributed by atoms with Crippen molar-refractivity contribution in [2.75, 3.05) is 0 Å². The number of benzene rings is 2. The monoisotopic (exact) mass is 325 g/mol. The van der Waals surface area contributed by atoms with Crippen LogP contribution in [0.4, 0.5) is 10.1 Å². The van der Waals surface area contributed by atoms with Crippen molar-refractivity contribution in [2.45, 2.75) is 6.61 Å². The predicted octanol–water partition coefficient (Wildman–Crippen LogP) is 4.08. The fourth-order valence-electron chi connectivity index (χ4n) is 1.50. The Labute approximate surface area is 117 Å². The molecule has 2 rings (SSSR count). The van der Waals surface area contributed by atoms with Crippen LogP contribution in [0.1, 0.15) is 5.56 Å². The van der Waals surface area contributed by atoms with Crippen molar-refractivity contribution in [3.8, 4) is 5.75 Å². The van der Waals surface area contributed by atoms with Gasteiger partial charge in [0.1, 0.15) is 12.4 Å². The number of rotatable bonds is 4. The fourth-order valence-corrected chi connectivity index (χ4v) is 1.93. The summed E-state index contributed by atoms with van der Waals surface area (Å²) in [5, 5.41) is 10.7. The molecule has 0 saturated heterocycles. The lowest BCUT2D eigenvalue weighted by atomic mass is 10.2. The molecule has 0 amide bonds. The van der Waals surface area contributed by atoms with Crippen LogP contribution in [0.2, 0.25) is 0 Å². The molecule has 0 heterocycles. The molecule has 0 aliphatic rings. The minimum Gasteiger partial charge on any atom is -0.487 e. The number of nitrogens with zero attached hydrogens (tertiary/aromatic N) is 1. The Morgan fingerprint density at radius 3 is 2.58 bits per heavy atom. The van der Waals surface area contributed by atoms with E-state index in [2.05, 4.69) is 15.9 Å². The van der Waals surface area contributed by atoms with Crippen LogP contribution in [0.25, 0.3) is 0 Å². The topological polar surface area (TPSA) is 52.4 Å². The quantitative estimate of drug-likeness (QED) is 0.628. The normalized spacial score (nSPS) is 10.2. The average molecular weight is 326 g/mol. The number of halogens is 2. The van der Waals surface area contributed by atoms with E-state index in [4.69, 9.17) is 4.74 Å². The summed E-state index contributed by atoms with van der Waals surface area (Å²) in [6.45, 7) is 0.252. The molecule has 0 aliphatic carbocycles. The zero-order chi connectivity index (χ0) is 13.8. The molecule has 4 nitrogen and oxygen atoms in total. The highest BCUT2D eigenvalue weighted by atomic mass is 79.9. The molecular formula is C13H9BrFNO3. The van der Waals surface area contributed by atoms with Crippen LogP contribution in [0.3, 0.4) is 0 Å². The molecule has 19 heavy (non-hydrogen) atoms. The van der Waals surface area contributed by atoms with Crippen LogP contribution < -0.4 is 4.74 Å². The zero-order valence-corrected chi connectivity index (χ0v) is 11.3. The molecule has 0 aromatic heterocycles. The van der Waals surface area contributed by atoms with Gasteiger partial charge in [-0.1, -0.05) is 30.3 Å². The lowest BCUT2D eigenvalue weighted by Crippen LogP contribution is -1.99. The van der Waals surface area contributed by atoms with E-state index in [0.717, 1.165) is 17.7 Å². The summed E-state index contributed by atoms with van der Waals surface area (Å²) in [7, 11) is 0. The van der Waals surface area contributed by atoms with Gasteiger partial charge in [0.25, 0.3) is 0 Å². The van der Waals surface area contributed by atoms with Crippen molar-refractivity contribution < 1.29 is 14.1 Å². The summed E-state index contributed by atoms with van der Waals surface area (Å²) < 4.78 is 19.1. The van der Waals surface area contributed by atoms with Crippen molar-refractivity contribution in [1.82, 2.24) is 0 Å². The summed E-state index contributed by atoms with van der Waals surface area (Å²) in [4.78, 5) is 9.87. The molecule has 0 unspecified atom stereocenters. The second kappa shape index (κ2) is 5.79. The maximum Gasteiger partial charge on any atom is 0.308 e. The molecule has 0 spiro atoms. The summed E-state index contributed by atoms with van der Waals surface area (Å²) in [6.07, 6.45) is 0. The van der Waals surface area contributed by atoms with Crippen molar-refractivity contribution in [1.29, 1.82) is 0 Å². The van der Waals surface area contributed by atoms with Gasteiger partial charge in [-0.2, -0.15) is 4.39 Å². The van der Waals surface area contributed by atoms with Crippen LogP contribution in [0.15, 0.2) is 46.9 Å². The third kappa shape index (κ3) is 3.29. The van der Waals surface area contributed by atoms with Crippen molar-refractivity contribution in [3.05, 3.63) is 68.4 Å². The molecule has 98 valence electrons. The van der Waals surface area contributed by atoms with Crippen LogP contribution in [-0.2, 0) is 6.61 Å². The molecular weight excluding hydrogens is 317 g/mol. The molecule has 0 bridgehead atoms.